The van der Waals surface area contributed by atoms with Crippen LogP contribution in [-0.2, 0) is 16.4 Å². The quantitative estimate of drug-likeness (QED) is 0.702. The number of thiocarbonyl (C=S) groups is 1. The second-order valence-corrected chi connectivity index (χ2v) is 6.85. The van der Waals surface area contributed by atoms with Crippen molar-refractivity contribution in [1.29, 1.82) is 0 Å². The molecule has 0 fully saturated rings. The van der Waals surface area contributed by atoms with Gasteiger partial charge in [0.25, 0.3) is 0 Å². The Labute approximate surface area is 135 Å². The van der Waals surface area contributed by atoms with Gasteiger partial charge in [0.2, 0.25) is 10.0 Å². The predicted molar refractivity (Wildman–Crippen MR) is 92.2 cm³/mol. The third-order valence-electron chi connectivity index (χ3n) is 2.98. The van der Waals surface area contributed by atoms with Gasteiger partial charge in [-0.2, -0.15) is 0 Å². The zero-order valence-corrected chi connectivity index (χ0v) is 13.5. The van der Waals surface area contributed by atoms with Crippen LogP contribution in [0.25, 0.3) is 0 Å². The summed E-state index contributed by atoms with van der Waals surface area (Å²) in [4.78, 5) is 0.203. The van der Waals surface area contributed by atoms with Crippen molar-refractivity contribution in [3.63, 3.8) is 0 Å². The number of anilines is 1. The first-order valence-electron chi connectivity index (χ1n) is 6.67. The lowest BCUT2D eigenvalue weighted by molar-refractivity contribution is 0.581. The molecule has 0 spiro atoms. The molecule has 2 aromatic carbocycles. The van der Waals surface area contributed by atoms with Gasteiger partial charge < -0.3 is 11.1 Å². The number of nitrogens with two attached hydrogens (primary N) is 1. The van der Waals surface area contributed by atoms with Gasteiger partial charge >= 0.3 is 0 Å². The average Bonchev–Trinajstić information content (AvgIpc) is 2.48. The standard InChI is InChI=1S/C15H17N3O2S2/c16-15(21)18-13-6-8-14(9-7-13)22(19,20)17-11-10-12-4-2-1-3-5-12/h1-9,17H,10-11H2,(H3,16,18,21). The van der Waals surface area contributed by atoms with Gasteiger partial charge in [-0.25, -0.2) is 13.1 Å². The molecule has 4 N–H and O–H groups in total. The molecule has 0 aliphatic carbocycles. The summed E-state index contributed by atoms with van der Waals surface area (Å²) in [6, 6.07) is 16.0. The van der Waals surface area contributed by atoms with Crippen LogP contribution in [0.2, 0.25) is 0 Å². The molecule has 2 aromatic rings. The normalized spacial score (nSPS) is 11.1. The number of hydrogen-bond donors (Lipinski definition) is 3. The first kappa shape index (κ1) is 16.4. The summed E-state index contributed by atoms with van der Waals surface area (Å²) < 4.78 is 26.9. The maximum Gasteiger partial charge on any atom is 0.240 e. The van der Waals surface area contributed by atoms with E-state index in [-0.39, 0.29) is 10.0 Å². The number of sulfonamides is 1. The molecule has 0 bridgehead atoms. The summed E-state index contributed by atoms with van der Waals surface area (Å²) in [5, 5.41) is 2.88. The van der Waals surface area contributed by atoms with Gasteiger partial charge in [0, 0.05) is 12.2 Å². The first-order chi connectivity index (χ1) is 10.5. The molecule has 2 rings (SSSR count). The van der Waals surface area contributed by atoms with Crippen molar-refractivity contribution in [2.45, 2.75) is 11.3 Å². The van der Waals surface area contributed by atoms with Crippen LogP contribution in [-0.4, -0.2) is 20.1 Å². The van der Waals surface area contributed by atoms with Crippen molar-refractivity contribution in [3.05, 3.63) is 60.2 Å². The monoisotopic (exact) mass is 335 g/mol. The lowest BCUT2D eigenvalue weighted by atomic mass is 10.2. The summed E-state index contributed by atoms with van der Waals surface area (Å²) >= 11 is 4.72. The highest BCUT2D eigenvalue weighted by atomic mass is 32.2. The molecule has 0 atom stereocenters. The fourth-order valence-electron chi connectivity index (χ4n) is 1.92. The number of benzene rings is 2. The molecule has 0 saturated carbocycles. The summed E-state index contributed by atoms with van der Waals surface area (Å²) in [5.41, 5.74) is 7.09. The van der Waals surface area contributed by atoms with E-state index in [1.54, 1.807) is 12.1 Å². The van der Waals surface area contributed by atoms with Crippen molar-refractivity contribution in [3.8, 4) is 0 Å². The molecule has 116 valence electrons. The van der Waals surface area contributed by atoms with Crippen molar-refractivity contribution < 1.29 is 8.42 Å². The van der Waals surface area contributed by atoms with Gasteiger partial charge in [-0.05, 0) is 48.5 Å². The van der Waals surface area contributed by atoms with E-state index in [0.717, 1.165) is 5.56 Å². The van der Waals surface area contributed by atoms with Gasteiger partial charge in [0.1, 0.15) is 0 Å². The van der Waals surface area contributed by atoms with Crippen LogP contribution in [0.4, 0.5) is 5.69 Å². The van der Waals surface area contributed by atoms with Gasteiger partial charge in [-0.3, -0.25) is 0 Å². The second-order valence-electron chi connectivity index (χ2n) is 4.65. The summed E-state index contributed by atoms with van der Waals surface area (Å²) in [6.07, 6.45) is 0.640. The van der Waals surface area contributed by atoms with Crippen LogP contribution in [0.5, 0.6) is 0 Å². The summed E-state index contributed by atoms with van der Waals surface area (Å²) in [6.45, 7) is 0.346. The lowest BCUT2D eigenvalue weighted by Crippen LogP contribution is -2.26. The second kappa shape index (κ2) is 7.35. The van der Waals surface area contributed by atoms with E-state index in [1.807, 2.05) is 30.3 Å². The topological polar surface area (TPSA) is 84.2 Å². The third kappa shape index (κ3) is 4.80. The Bertz CT molecular complexity index is 729. The molecule has 0 aromatic heterocycles. The van der Waals surface area contributed by atoms with Crippen molar-refractivity contribution in [2.75, 3.05) is 11.9 Å². The molecular formula is C15H17N3O2S2. The Balaban J connectivity index is 1.96. The van der Waals surface area contributed by atoms with Gasteiger partial charge in [0.15, 0.2) is 5.11 Å². The van der Waals surface area contributed by atoms with E-state index in [4.69, 9.17) is 18.0 Å². The highest BCUT2D eigenvalue weighted by molar-refractivity contribution is 7.89. The van der Waals surface area contributed by atoms with Crippen molar-refractivity contribution in [1.82, 2.24) is 4.72 Å². The zero-order chi connectivity index (χ0) is 16.0. The maximum absolute atomic E-state index is 12.2. The Morgan fingerprint density at radius 1 is 1.05 bits per heavy atom. The van der Waals surface area contributed by atoms with Crippen LogP contribution in [0.3, 0.4) is 0 Å². The van der Waals surface area contributed by atoms with E-state index in [2.05, 4.69) is 10.0 Å². The minimum atomic E-state index is -3.52. The Morgan fingerprint density at radius 3 is 2.27 bits per heavy atom. The fraction of sp³-hybridized carbons (Fsp3) is 0.133. The molecule has 0 aliphatic rings. The number of nitrogens with one attached hydrogen (secondary N) is 2. The number of hydrogen-bond acceptors (Lipinski definition) is 3. The van der Waals surface area contributed by atoms with Crippen LogP contribution >= 0.6 is 12.2 Å². The van der Waals surface area contributed by atoms with E-state index in [0.29, 0.717) is 18.7 Å². The van der Waals surface area contributed by atoms with E-state index >= 15 is 0 Å². The van der Waals surface area contributed by atoms with Crippen molar-refractivity contribution in [2.24, 2.45) is 5.73 Å². The van der Waals surface area contributed by atoms with E-state index in [9.17, 15) is 8.42 Å². The molecule has 7 heteroatoms. The molecule has 0 aliphatic heterocycles. The molecule has 0 heterocycles. The fourth-order valence-corrected chi connectivity index (χ4v) is 3.07. The summed E-state index contributed by atoms with van der Waals surface area (Å²) in [7, 11) is -3.52. The Morgan fingerprint density at radius 2 is 1.68 bits per heavy atom. The average molecular weight is 335 g/mol. The van der Waals surface area contributed by atoms with Crippen molar-refractivity contribution >= 4 is 33.0 Å². The molecule has 5 nitrogen and oxygen atoms in total. The van der Waals surface area contributed by atoms with Gasteiger partial charge in [0.05, 0.1) is 4.90 Å². The maximum atomic E-state index is 12.2. The minimum absolute atomic E-state index is 0.136. The van der Waals surface area contributed by atoms with Crippen LogP contribution in [0.1, 0.15) is 5.56 Å². The lowest BCUT2D eigenvalue weighted by Gasteiger charge is -2.08. The zero-order valence-electron chi connectivity index (χ0n) is 11.8. The Kier molecular flexibility index (Phi) is 5.48. The van der Waals surface area contributed by atoms with E-state index < -0.39 is 10.0 Å². The Hall–Kier alpha value is -1.96. The molecule has 0 saturated heterocycles. The smallest absolute Gasteiger partial charge is 0.240 e. The van der Waals surface area contributed by atoms with Crippen LogP contribution in [0.15, 0.2) is 59.5 Å². The molecule has 0 unspecified atom stereocenters. The minimum Gasteiger partial charge on any atom is -0.376 e. The SMILES string of the molecule is NC(=S)Nc1ccc(S(=O)(=O)NCCc2ccccc2)cc1. The van der Waals surface area contributed by atoms with Gasteiger partial charge in [-0.1, -0.05) is 30.3 Å². The number of rotatable bonds is 6. The molecule has 0 radical (unpaired) electrons. The molecule has 22 heavy (non-hydrogen) atoms. The highest BCUT2D eigenvalue weighted by Crippen LogP contribution is 2.13. The molecular weight excluding hydrogens is 318 g/mol. The van der Waals surface area contributed by atoms with E-state index in [1.165, 1.54) is 12.1 Å². The molecule has 0 amide bonds. The highest BCUT2D eigenvalue weighted by Gasteiger charge is 2.13. The summed E-state index contributed by atoms with van der Waals surface area (Å²) in [5.74, 6) is 0. The van der Waals surface area contributed by atoms with Crippen LogP contribution < -0.4 is 15.8 Å². The van der Waals surface area contributed by atoms with Gasteiger partial charge in [-0.15, -0.1) is 0 Å². The third-order valence-corrected chi connectivity index (χ3v) is 4.56. The predicted octanol–water partition coefficient (Wildman–Crippen LogP) is 1.86. The van der Waals surface area contributed by atoms with Crippen LogP contribution in [0, 0.1) is 0 Å². The first-order valence-corrected chi connectivity index (χ1v) is 8.56. The largest absolute Gasteiger partial charge is 0.376 e.